The zero-order chi connectivity index (χ0) is 22.8. The Morgan fingerprint density at radius 3 is 2.65 bits per heavy atom. The van der Waals surface area contributed by atoms with Gasteiger partial charge in [-0.15, -0.1) is 0 Å². The van der Waals surface area contributed by atoms with Crippen molar-refractivity contribution in [3.05, 3.63) is 66.9 Å². The molecule has 0 radical (unpaired) electrons. The molecule has 3 aromatic rings. The summed E-state index contributed by atoms with van der Waals surface area (Å²) in [7, 11) is -3.39. The van der Waals surface area contributed by atoms with Gasteiger partial charge in [-0.05, 0) is 18.6 Å². The second-order valence-electron chi connectivity index (χ2n) is 6.68. The minimum atomic E-state index is -3.39. The number of rotatable bonds is 8. The number of hydrogen-bond acceptors (Lipinski definition) is 7. The van der Waals surface area contributed by atoms with Crippen molar-refractivity contribution in [2.75, 3.05) is 19.4 Å². The Labute approximate surface area is 188 Å². The number of benzene rings is 1. The van der Waals surface area contributed by atoms with Crippen molar-refractivity contribution >= 4 is 44.1 Å². The highest BCUT2D eigenvalue weighted by atomic mass is 35.5. The van der Waals surface area contributed by atoms with E-state index in [1.54, 1.807) is 16.7 Å². The van der Waals surface area contributed by atoms with E-state index in [-0.39, 0.29) is 41.5 Å². The number of nitroso groups, excluding NO2 is 1. The molecule has 0 fully saturated rings. The minimum absolute atomic E-state index is 0.0183. The number of sulfonamides is 1. The SMILES string of the molecule is Cc1cccc(Cl)c1-n1c(CN=O)cc(=O)c2c(OCCNS(C)(=O)=O)ncc(Cl)c21. The van der Waals surface area contributed by atoms with Gasteiger partial charge in [-0.1, -0.05) is 40.5 Å². The second-order valence-corrected chi connectivity index (χ2v) is 9.33. The molecule has 0 spiro atoms. The molecule has 0 atom stereocenters. The van der Waals surface area contributed by atoms with Crippen LogP contribution >= 0.6 is 23.2 Å². The Kier molecular flexibility index (Phi) is 6.95. The van der Waals surface area contributed by atoms with Crippen LogP contribution in [-0.2, 0) is 16.6 Å². The third-order valence-corrected chi connectivity index (χ3v) is 5.68. The summed E-state index contributed by atoms with van der Waals surface area (Å²) < 4.78 is 31.9. The van der Waals surface area contributed by atoms with E-state index in [1.165, 1.54) is 12.3 Å². The van der Waals surface area contributed by atoms with Crippen molar-refractivity contribution in [3.63, 3.8) is 0 Å². The van der Waals surface area contributed by atoms with Gasteiger partial charge in [0.2, 0.25) is 15.9 Å². The number of nitrogens with one attached hydrogen (secondary N) is 1. The molecule has 31 heavy (non-hydrogen) atoms. The number of nitrogens with zero attached hydrogens (tertiary/aromatic N) is 3. The van der Waals surface area contributed by atoms with Crippen molar-refractivity contribution in [2.45, 2.75) is 13.5 Å². The van der Waals surface area contributed by atoms with Gasteiger partial charge in [0.15, 0.2) is 5.43 Å². The first-order valence-electron chi connectivity index (χ1n) is 8.99. The summed E-state index contributed by atoms with van der Waals surface area (Å²) in [5.74, 6) is -0.0243. The third-order valence-electron chi connectivity index (χ3n) is 4.37. The average molecular weight is 485 g/mol. The molecule has 12 heteroatoms. The second kappa shape index (κ2) is 9.31. The number of para-hydroxylation sites is 1. The van der Waals surface area contributed by atoms with Crippen molar-refractivity contribution in [2.24, 2.45) is 5.18 Å². The zero-order valence-corrected chi connectivity index (χ0v) is 18.9. The van der Waals surface area contributed by atoms with Crippen LogP contribution < -0.4 is 14.9 Å². The number of pyridine rings is 2. The van der Waals surface area contributed by atoms with Crippen LogP contribution in [0.2, 0.25) is 10.0 Å². The van der Waals surface area contributed by atoms with Gasteiger partial charge in [0.05, 0.1) is 39.4 Å². The fraction of sp³-hybridized carbons (Fsp3) is 0.263. The molecule has 0 bridgehead atoms. The molecule has 0 saturated carbocycles. The number of hydrogen-bond donors (Lipinski definition) is 1. The lowest BCUT2D eigenvalue weighted by atomic mass is 10.1. The Morgan fingerprint density at radius 2 is 2.00 bits per heavy atom. The van der Waals surface area contributed by atoms with Gasteiger partial charge in [-0.3, -0.25) is 4.79 Å². The lowest BCUT2D eigenvalue weighted by Gasteiger charge is -2.20. The zero-order valence-electron chi connectivity index (χ0n) is 16.6. The van der Waals surface area contributed by atoms with Crippen LogP contribution in [0, 0.1) is 11.8 Å². The summed E-state index contributed by atoms with van der Waals surface area (Å²) in [6.45, 7) is 1.45. The fourth-order valence-corrected chi connectivity index (χ4v) is 4.15. The van der Waals surface area contributed by atoms with Crippen LogP contribution in [-0.4, -0.2) is 37.4 Å². The van der Waals surface area contributed by atoms with Crippen LogP contribution in [0.4, 0.5) is 0 Å². The molecule has 0 unspecified atom stereocenters. The highest BCUT2D eigenvalue weighted by Crippen LogP contribution is 2.34. The highest BCUT2D eigenvalue weighted by molar-refractivity contribution is 7.88. The molecule has 0 amide bonds. The molecule has 2 heterocycles. The van der Waals surface area contributed by atoms with Gasteiger partial charge in [0, 0.05) is 12.6 Å². The van der Waals surface area contributed by atoms with Crippen LogP contribution in [0.5, 0.6) is 5.88 Å². The first-order valence-corrected chi connectivity index (χ1v) is 11.6. The van der Waals surface area contributed by atoms with Gasteiger partial charge < -0.3 is 9.30 Å². The number of ether oxygens (including phenoxy) is 1. The quantitative estimate of drug-likeness (QED) is 0.387. The lowest BCUT2D eigenvalue weighted by Crippen LogP contribution is -2.27. The van der Waals surface area contributed by atoms with Crippen LogP contribution in [0.25, 0.3) is 16.6 Å². The predicted molar refractivity (Wildman–Crippen MR) is 120 cm³/mol. The highest BCUT2D eigenvalue weighted by Gasteiger charge is 2.21. The first kappa shape index (κ1) is 23.1. The van der Waals surface area contributed by atoms with E-state index in [9.17, 15) is 18.1 Å². The minimum Gasteiger partial charge on any atom is -0.476 e. The smallest absolute Gasteiger partial charge is 0.227 e. The van der Waals surface area contributed by atoms with Crippen LogP contribution in [0.3, 0.4) is 0 Å². The molecule has 9 nitrogen and oxygen atoms in total. The number of halogens is 2. The molecule has 3 rings (SSSR count). The Morgan fingerprint density at radius 1 is 1.26 bits per heavy atom. The largest absolute Gasteiger partial charge is 0.476 e. The van der Waals surface area contributed by atoms with E-state index >= 15 is 0 Å². The van der Waals surface area contributed by atoms with Crippen molar-refractivity contribution < 1.29 is 13.2 Å². The monoisotopic (exact) mass is 484 g/mol. The maximum Gasteiger partial charge on any atom is 0.227 e. The fourth-order valence-electron chi connectivity index (χ4n) is 3.16. The van der Waals surface area contributed by atoms with E-state index in [2.05, 4.69) is 14.9 Å². The number of aryl methyl sites for hydroxylation is 1. The topological polar surface area (TPSA) is 120 Å². The number of aromatic nitrogens is 2. The summed E-state index contributed by atoms with van der Waals surface area (Å²) in [6, 6.07) is 6.53. The maximum absolute atomic E-state index is 12.9. The van der Waals surface area contributed by atoms with Crippen molar-refractivity contribution in [3.8, 4) is 11.6 Å². The van der Waals surface area contributed by atoms with Gasteiger partial charge in [0.25, 0.3) is 0 Å². The molecular formula is C19H18Cl2N4O5S. The molecular weight excluding hydrogens is 467 g/mol. The molecule has 0 aliphatic carbocycles. The normalized spacial score (nSPS) is 11.6. The lowest BCUT2D eigenvalue weighted by molar-refractivity contribution is 0.314. The predicted octanol–water partition coefficient (Wildman–Crippen LogP) is 3.20. The summed E-state index contributed by atoms with van der Waals surface area (Å²) in [5, 5.41) is 3.52. The Hall–Kier alpha value is -2.53. The van der Waals surface area contributed by atoms with Gasteiger partial charge in [-0.25, -0.2) is 18.1 Å². The Balaban J connectivity index is 2.25. The maximum atomic E-state index is 12.9. The van der Waals surface area contributed by atoms with Crippen molar-refractivity contribution in [1.82, 2.24) is 14.3 Å². The summed E-state index contributed by atoms with van der Waals surface area (Å²) in [6.07, 6.45) is 2.33. The molecule has 0 aliphatic rings. The first-order chi connectivity index (χ1) is 14.6. The van der Waals surface area contributed by atoms with E-state index in [0.29, 0.717) is 16.4 Å². The molecule has 1 aromatic carbocycles. The van der Waals surface area contributed by atoms with E-state index in [0.717, 1.165) is 11.8 Å². The van der Waals surface area contributed by atoms with E-state index < -0.39 is 15.5 Å². The van der Waals surface area contributed by atoms with Crippen LogP contribution in [0.1, 0.15) is 11.3 Å². The number of fused-ring (bicyclic) bond motifs is 1. The molecule has 0 saturated heterocycles. The van der Waals surface area contributed by atoms with Gasteiger partial charge in [-0.2, -0.15) is 4.91 Å². The molecule has 164 valence electrons. The summed E-state index contributed by atoms with van der Waals surface area (Å²) in [4.78, 5) is 28.1. The van der Waals surface area contributed by atoms with Crippen LogP contribution in [0.15, 0.2) is 40.4 Å². The molecule has 2 aromatic heterocycles. The van der Waals surface area contributed by atoms with Gasteiger partial charge >= 0.3 is 0 Å². The Bertz CT molecular complexity index is 1300. The van der Waals surface area contributed by atoms with Crippen molar-refractivity contribution in [1.29, 1.82) is 0 Å². The molecule has 1 N–H and O–H groups in total. The molecule has 0 aliphatic heterocycles. The van der Waals surface area contributed by atoms with E-state index in [1.807, 2.05) is 13.0 Å². The average Bonchev–Trinajstić information content (AvgIpc) is 2.68. The van der Waals surface area contributed by atoms with E-state index in [4.69, 9.17) is 27.9 Å². The van der Waals surface area contributed by atoms with Gasteiger partial charge in [0.1, 0.15) is 18.5 Å². The summed E-state index contributed by atoms with van der Waals surface area (Å²) in [5.41, 5.74) is 1.38. The standard InChI is InChI=1S/C19H18Cl2N4O5S/c1-11-4-3-5-13(20)17(11)25-12(9-23-27)8-15(26)16-18(25)14(21)10-22-19(16)30-7-6-24-31(2,28)29/h3-5,8,10,24H,6-7,9H2,1-2H3. The summed E-state index contributed by atoms with van der Waals surface area (Å²) >= 11 is 12.9. The third kappa shape index (κ3) is 5.04.